The molecule has 1 aliphatic rings. The number of nitrogens with one attached hydrogen (secondary N) is 2. The monoisotopic (exact) mass is 460 g/mol. The third kappa shape index (κ3) is 6.35. The molecule has 4 N–H and O–H groups in total. The number of benzene rings is 2. The summed E-state index contributed by atoms with van der Waals surface area (Å²) in [5, 5.41) is 24.7. The van der Waals surface area contributed by atoms with E-state index in [2.05, 4.69) is 10.6 Å². The smallest absolute Gasteiger partial charge is 0.407 e. The number of rotatable bonds is 6. The third-order valence-corrected chi connectivity index (χ3v) is 5.48. The Kier molecular flexibility index (Phi) is 7.91. The van der Waals surface area contributed by atoms with Gasteiger partial charge >= 0.3 is 12.1 Å². The van der Waals surface area contributed by atoms with E-state index in [4.69, 9.17) is 16.7 Å². The molecule has 0 radical (unpaired) electrons. The minimum atomic E-state index is -1.10. The molecule has 32 heavy (non-hydrogen) atoms. The van der Waals surface area contributed by atoms with Crippen molar-refractivity contribution in [3.05, 3.63) is 64.7 Å². The number of nitrogens with zero attached hydrogens (tertiary/aromatic N) is 2. The molecule has 2 aromatic carbocycles. The number of halogens is 1. The normalized spacial score (nSPS) is 15.9. The molecule has 2 aromatic rings. The quantitative estimate of drug-likeness (QED) is 0.527. The van der Waals surface area contributed by atoms with Gasteiger partial charge in [-0.2, -0.15) is 0 Å². The summed E-state index contributed by atoms with van der Waals surface area (Å²) in [6, 6.07) is 13.1. The van der Waals surface area contributed by atoms with Gasteiger partial charge in [0.1, 0.15) is 0 Å². The Balaban J connectivity index is 1.47. The van der Waals surface area contributed by atoms with Crippen LogP contribution in [0.3, 0.4) is 0 Å². The summed E-state index contributed by atoms with van der Waals surface area (Å²) >= 11 is 5.84. The Morgan fingerprint density at radius 2 is 1.66 bits per heavy atom. The average molecular weight is 461 g/mol. The Bertz CT molecular complexity index is 952. The summed E-state index contributed by atoms with van der Waals surface area (Å²) in [6.45, 7) is 0.639. The van der Waals surface area contributed by atoms with Crippen molar-refractivity contribution in [1.29, 1.82) is 0 Å². The lowest BCUT2D eigenvalue weighted by Gasteiger charge is -2.39. The van der Waals surface area contributed by atoms with Gasteiger partial charge in [-0.05, 0) is 35.4 Å². The van der Waals surface area contributed by atoms with Crippen LogP contribution in [0.2, 0.25) is 5.02 Å². The summed E-state index contributed by atoms with van der Waals surface area (Å²) < 4.78 is 0. The van der Waals surface area contributed by atoms with E-state index in [0.717, 1.165) is 16.0 Å². The van der Waals surface area contributed by atoms with Crippen LogP contribution >= 0.6 is 11.6 Å². The molecule has 1 aliphatic heterocycles. The number of aliphatic hydroxyl groups is 1. The van der Waals surface area contributed by atoms with E-state index >= 15 is 0 Å². The lowest BCUT2D eigenvalue weighted by molar-refractivity contribution is -0.133. The van der Waals surface area contributed by atoms with Crippen molar-refractivity contribution >= 4 is 35.3 Å². The zero-order chi connectivity index (χ0) is 23.1. The molecule has 10 heteroatoms. The molecule has 0 unspecified atom stereocenters. The standard InChI is InChI=1S/C22H25ClN4O5/c23-17-5-1-16(2-6-17)12-24-21(30)25-18-7-3-15(4-8-18)11-20(29)26-9-10-27(22(31)32)19(13-26)14-28/h1-8,19,28H,9-14H2,(H,31,32)(H2,24,25,30)/t19-/m0/s1. The van der Waals surface area contributed by atoms with Crippen LogP contribution in [0.1, 0.15) is 11.1 Å². The second kappa shape index (κ2) is 10.8. The van der Waals surface area contributed by atoms with Crippen molar-refractivity contribution in [3.63, 3.8) is 0 Å². The van der Waals surface area contributed by atoms with Gasteiger partial charge in [0.05, 0.1) is 19.1 Å². The zero-order valence-electron chi connectivity index (χ0n) is 17.3. The van der Waals surface area contributed by atoms with E-state index in [1.807, 2.05) is 12.1 Å². The van der Waals surface area contributed by atoms with Crippen molar-refractivity contribution in [2.24, 2.45) is 0 Å². The van der Waals surface area contributed by atoms with Gasteiger partial charge in [0.25, 0.3) is 0 Å². The molecular formula is C22H25ClN4O5. The first-order valence-corrected chi connectivity index (χ1v) is 10.5. The summed E-state index contributed by atoms with van der Waals surface area (Å²) in [6.07, 6.45) is -0.953. The number of carbonyl (C=O) groups is 3. The van der Waals surface area contributed by atoms with Crippen molar-refractivity contribution in [2.75, 3.05) is 31.6 Å². The van der Waals surface area contributed by atoms with Gasteiger partial charge in [0.2, 0.25) is 5.91 Å². The number of hydrogen-bond donors (Lipinski definition) is 4. The Morgan fingerprint density at radius 1 is 1.00 bits per heavy atom. The number of piperazine rings is 1. The summed E-state index contributed by atoms with van der Waals surface area (Å²) in [5.41, 5.74) is 2.28. The molecule has 0 spiro atoms. The number of anilines is 1. The second-order valence-electron chi connectivity index (χ2n) is 7.46. The Morgan fingerprint density at radius 3 is 2.28 bits per heavy atom. The minimum Gasteiger partial charge on any atom is -0.465 e. The molecule has 3 rings (SSSR count). The van der Waals surface area contributed by atoms with E-state index in [-0.39, 0.29) is 44.6 Å². The predicted molar refractivity (Wildman–Crippen MR) is 120 cm³/mol. The number of urea groups is 1. The van der Waals surface area contributed by atoms with Crippen LogP contribution in [0.5, 0.6) is 0 Å². The first-order valence-electron chi connectivity index (χ1n) is 10.1. The van der Waals surface area contributed by atoms with E-state index in [9.17, 15) is 19.5 Å². The zero-order valence-corrected chi connectivity index (χ0v) is 18.1. The maximum Gasteiger partial charge on any atom is 0.407 e. The summed E-state index contributed by atoms with van der Waals surface area (Å²) in [5.74, 6) is -0.144. The Hall–Kier alpha value is -3.30. The Labute approximate surface area is 190 Å². The highest BCUT2D eigenvalue weighted by Crippen LogP contribution is 2.15. The molecule has 1 saturated heterocycles. The number of carbonyl (C=O) groups excluding carboxylic acids is 2. The first kappa shape index (κ1) is 23.4. The molecule has 0 saturated carbocycles. The molecular weight excluding hydrogens is 436 g/mol. The molecule has 1 fully saturated rings. The van der Waals surface area contributed by atoms with Gasteiger partial charge in [-0.3, -0.25) is 9.69 Å². The fraction of sp³-hybridized carbons (Fsp3) is 0.318. The molecule has 0 bridgehead atoms. The minimum absolute atomic E-state index is 0.144. The van der Waals surface area contributed by atoms with Crippen LogP contribution in [0, 0.1) is 0 Å². The van der Waals surface area contributed by atoms with Gasteiger partial charge in [0, 0.05) is 36.9 Å². The van der Waals surface area contributed by atoms with Gasteiger partial charge in [-0.15, -0.1) is 0 Å². The van der Waals surface area contributed by atoms with E-state index in [0.29, 0.717) is 17.3 Å². The molecule has 1 atom stereocenters. The fourth-order valence-corrected chi connectivity index (χ4v) is 3.57. The van der Waals surface area contributed by atoms with Crippen LogP contribution in [-0.2, 0) is 17.8 Å². The molecule has 1 heterocycles. The first-order chi connectivity index (χ1) is 15.4. The van der Waals surface area contributed by atoms with Gasteiger partial charge < -0.3 is 25.7 Å². The van der Waals surface area contributed by atoms with Gasteiger partial charge in [-0.1, -0.05) is 35.9 Å². The van der Waals surface area contributed by atoms with Crippen LogP contribution in [0.15, 0.2) is 48.5 Å². The van der Waals surface area contributed by atoms with Crippen molar-refractivity contribution < 1.29 is 24.6 Å². The summed E-state index contributed by atoms with van der Waals surface area (Å²) in [7, 11) is 0. The molecule has 0 aliphatic carbocycles. The SMILES string of the molecule is O=C(NCc1ccc(Cl)cc1)Nc1ccc(CC(=O)N2CCN(C(=O)O)[C@H](CO)C2)cc1. The molecule has 4 amide bonds. The number of hydrogen-bond acceptors (Lipinski definition) is 4. The van der Waals surface area contributed by atoms with Crippen LogP contribution < -0.4 is 10.6 Å². The predicted octanol–water partition coefficient (Wildman–Crippen LogP) is 2.39. The molecule has 170 valence electrons. The van der Waals surface area contributed by atoms with Crippen LogP contribution in [-0.4, -0.2) is 70.3 Å². The van der Waals surface area contributed by atoms with Crippen molar-refractivity contribution in [3.8, 4) is 0 Å². The summed E-state index contributed by atoms with van der Waals surface area (Å²) in [4.78, 5) is 38.6. The number of carboxylic acid groups (broad SMARTS) is 1. The molecule has 0 aromatic heterocycles. The van der Waals surface area contributed by atoms with Crippen molar-refractivity contribution in [1.82, 2.24) is 15.1 Å². The maximum absolute atomic E-state index is 12.6. The maximum atomic E-state index is 12.6. The van der Waals surface area contributed by atoms with Crippen LogP contribution in [0.25, 0.3) is 0 Å². The lowest BCUT2D eigenvalue weighted by Crippen LogP contribution is -2.57. The largest absolute Gasteiger partial charge is 0.465 e. The third-order valence-electron chi connectivity index (χ3n) is 5.23. The lowest BCUT2D eigenvalue weighted by atomic mass is 10.1. The van der Waals surface area contributed by atoms with E-state index in [1.165, 1.54) is 0 Å². The number of amides is 4. The average Bonchev–Trinajstić information content (AvgIpc) is 2.79. The topological polar surface area (TPSA) is 122 Å². The van der Waals surface area contributed by atoms with E-state index in [1.54, 1.807) is 41.3 Å². The number of aliphatic hydroxyl groups excluding tert-OH is 1. The highest BCUT2D eigenvalue weighted by atomic mass is 35.5. The highest BCUT2D eigenvalue weighted by Gasteiger charge is 2.31. The fourth-order valence-electron chi connectivity index (χ4n) is 3.44. The van der Waals surface area contributed by atoms with Gasteiger partial charge in [-0.25, -0.2) is 9.59 Å². The van der Waals surface area contributed by atoms with Gasteiger partial charge in [0.15, 0.2) is 0 Å². The molecule has 9 nitrogen and oxygen atoms in total. The van der Waals surface area contributed by atoms with Crippen LogP contribution in [0.4, 0.5) is 15.3 Å². The van der Waals surface area contributed by atoms with E-state index < -0.39 is 12.1 Å². The second-order valence-corrected chi connectivity index (χ2v) is 7.90. The van der Waals surface area contributed by atoms with Crippen molar-refractivity contribution in [2.45, 2.75) is 19.0 Å². The highest BCUT2D eigenvalue weighted by molar-refractivity contribution is 6.30.